The SMILES string of the molecule is CNC1CCCN(c2cnccc2-c2ccc(CN(C(=O)c3ncno3)C(C)(C)C)c(C)c2)C1. The molecule has 1 aliphatic heterocycles. The number of hydrogen-bond acceptors (Lipinski definition) is 7. The summed E-state index contributed by atoms with van der Waals surface area (Å²) in [5, 5.41) is 7.01. The quantitative estimate of drug-likeness (QED) is 0.591. The summed E-state index contributed by atoms with van der Waals surface area (Å²) in [6, 6.07) is 9.03. The molecule has 1 aliphatic rings. The number of aromatic nitrogens is 3. The maximum absolute atomic E-state index is 13.0. The number of pyridine rings is 1. The van der Waals surface area contributed by atoms with E-state index < -0.39 is 5.54 Å². The molecular weight excluding hydrogens is 428 g/mol. The number of rotatable bonds is 6. The van der Waals surface area contributed by atoms with Crippen molar-refractivity contribution in [1.82, 2.24) is 25.3 Å². The molecule has 8 nitrogen and oxygen atoms in total. The molecule has 4 rings (SSSR count). The Labute approximate surface area is 201 Å². The Morgan fingerprint density at radius 1 is 1.29 bits per heavy atom. The lowest BCUT2D eigenvalue weighted by Crippen LogP contribution is -2.45. The lowest BCUT2D eigenvalue weighted by Gasteiger charge is -2.35. The van der Waals surface area contributed by atoms with Gasteiger partial charge in [-0.25, -0.2) is 0 Å². The minimum Gasteiger partial charge on any atom is -0.368 e. The van der Waals surface area contributed by atoms with E-state index in [1.54, 1.807) is 4.90 Å². The summed E-state index contributed by atoms with van der Waals surface area (Å²) in [5.74, 6) is -0.263. The molecule has 1 saturated heterocycles. The first-order valence-electron chi connectivity index (χ1n) is 11.8. The van der Waals surface area contributed by atoms with Gasteiger partial charge in [0, 0.05) is 43.0 Å². The minimum absolute atomic E-state index is 0.00651. The molecule has 1 amide bonds. The second-order valence-corrected chi connectivity index (χ2v) is 9.92. The molecule has 2 aromatic heterocycles. The first-order valence-corrected chi connectivity index (χ1v) is 11.8. The minimum atomic E-state index is -0.410. The van der Waals surface area contributed by atoms with E-state index in [2.05, 4.69) is 56.5 Å². The number of anilines is 1. The molecule has 1 unspecified atom stereocenters. The second kappa shape index (κ2) is 9.93. The molecule has 0 saturated carbocycles. The van der Waals surface area contributed by atoms with E-state index in [4.69, 9.17) is 4.52 Å². The topological polar surface area (TPSA) is 87.4 Å². The molecule has 0 aliphatic carbocycles. The van der Waals surface area contributed by atoms with E-state index in [-0.39, 0.29) is 11.8 Å². The number of nitrogens with zero attached hydrogens (tertiary/aromatic N) is 5. The highest BCUT2D eigenvalue weighted by Gasteiger charge is 2.31. The third-order valence-electron chi connectivity index (χ3n) is 6.55. The van der Waals surface area contributed by atoms with Gasteiger partial charge in [0.05, 0.1) is 11.9 Å². The van der Waals surface area contributed by atoms with Gasteiger partial charge in [-0.3, -0.25) is 9.78 Å². The number of benzene rings is 1. The van der Waals surface area contributed by atoms with Crippen molar-refractivity contribution in [3.8, 4) is 11.1 Å². The Hall–Kier alpha value is -3.26. The molecule has 1 N–H and O–H groups in total. The number of likely N-dealkylation sites (N-methyl/N-ethyl adjacent to an activating group) is 1. The van der Waals surface area contributed by atoms with E-state index in [0.29, 0.717) is 12.6 Å². The highest BCUT2D eigenvalue weighted by Crippen LogP contribution is 2.33. The fourth-order valence-electron chi connectivity index (χ4n) is 4.52. The van der Waals surface area contributed by atoms with E-state index >= 15 is 0 Å². The van der Waals surface area contributed by atoms with E-state index in [0.717, 1.165) is 41.9 Å². The van der Waals surface area contributed by atoms with Crippen LogP contribution in [0.3, 0.4) is 0 Å². The van der Waals surface area contributed by atoms with Gasteiger partial charge in [-0.2, -0.15) is 4.98 Å². The smallest absolute Gasteiger partial charge is 0.315 e. The fraction of sp³-hybridized carbons (Fsp3) is 0.462. The van der Waals surface area contributed by atoms with Crippen molar-refractivity contribution in [1.29, 1.82) is 0 Å². The number of amides is 1. The first-order chi connectivity index (χ1) is 16.3. The van der Waals surface area contributed by atoms with Gasteiger partial charge in [-0.1, -0.05) is 23.4 Å². The molecule has 0 radical (unpaired) electrons. The largest absolute Gasteiger partial charge is 0.368 e. The Balaban J connectivity index is 1.61. The molecule has 3 aromatic rings. The Morgan fingerprint density at radius 3 is 2.79 bits per heavy atom. The molecule has 34 heavy (non-hydrogen) atoms. The summed E-state index contributed by atoms with van der Waals surface area (Å²) < 4.78 is 5.04. The molecule has 180 valence electrons. The van der Waals surface area contributed by atoms with Crippen LogP contribution in [0.4, 0.5) is 5.69 Å². The van der Waals surface area contributed by atoms with Crippen molar-refractivity contribution in [3.05, 3.63) is 60.0 Å². The first kappa shape index (κ1) is 23.9. The van der Waals surface area contributed by atoms with Gasteiger partial charge in [0.2, 0.25) is 0 Å². The van der Waals surface area contributed by atoms with E-state index in [1.807, 2.05) is 40.2 Å². The van der Waals surface area contributed by atoms with Gasteiger partial charge in [-0.15, -0.1) is 0 Å². The van der Waals surface area contributed by atoms with Gasteiger partial charge in [0.1, 0.15) is 0 Å². The van der Waals surface area contributed by atoms with Crippen LogP contribution >= 0.6 is 0 Å². The van der Waals surface area contributed by atoms with Crippen molar-refractivity contribution in [2.24, 2.45) is 0 Å². The number of carbonyl (C=O) groups is 1. The highest BCUT2D eigenvalue weighted by molar-refractivity contribution is 5.90. The Kier molecular flexibility index (Phi) is 6.97. The highest BCUT2D eigenvalue weighted by atomic mass is 16.5. The number of hydrogen-bond donors (Lipinski definition) is 1. The average molecular weight is 463 g/mol. The van der Waals surface area contributed by atoms with Crippen LogP contribution in [-0.4, -0.2) is 57.6 Å². The summed E-state index contributed by atoms with van der Waals surface area (Å²) in [5.41, 5.74) is 5.28. The summed E-state index contributed by atoms with van der Waals surface area (Å²) in [6.07, 6.45) is 7.44. The van der Waals surface area contributed by atoms with Crippen LogP contribution in [0.1, 0.15) is 55.4 Å². The van der Waals surface area contributed by atoms with Crippen LogP contribution in [0.2, 0.25) is 0 Å². The molecule has 0 spiro atoms. The zero-order valence-electron chi connectivity index (χ0n) is 20.7. The predicted octanol–water partition coefficient (Wildman–Crippen LogP) is 4.07. The lowest BCUT2D eigenvalue weighted by atomic mass is 9.96. The van der Waals surface area contributed by atoms with Crippen molar-refractivity contribution in [2.75, 3.05) is 25.0 Å². The Bertz CT molecular complexity index is 1120. The van der Waals surface area contributed by atoms with Crippen molar-refractivity contribution >= 4 is 11.6 Å². The Morgan fingerprint density at radius 2 is 2.12 bits per heavy atom. The molecule has 8 heteroatoms. The van der Waals surface area contributed by atoms with Crippen molar-refractivity contribution < 1.29 is 9.32 Å². The number of aryl methyl sites for hydroxylation is 1. The monoisotopic (exact) mass is 462 g/mol. The van der Waals surface area contributed by atoms with Crippen LogP contribution in [0.25, 0.3) is 11.1 Å². The third kappa shape index (κ3) is 5.12. The van der Waals surface area contributed by atoms with Crippen LogP contribution in [0.5, 0.6) is 0 Å². The average Bonchev–Trinajstić information content (AvgIpc) is 3.37. The third-order valence-corrected chi connectivity index (χ3v) is 6.55. The van der Waals surface area contributed by atoms with Gasteiger partial charge in [-0.05, 0) is 70.3 Å². The van der Waals surface area contributed by atoms with E-state index in [9.17, 15) is 4.79 Å². The van der Waals surface area contributed by atoms with Gasteiger partial charge in [0.25, 0.3) is 0 Å². The standard InChI is InChI=1S/C26H34N6O2/c1-18-13-19(22-10-11-28-14-23(22)31-12-6-7-21(16-31)27-5)8-9-20(18)15-32(26(2,3)4)25(33)24-29-17-30-34-24/h8-11,13-14,17,21,27H,6-7,12,15-16H2,1-5H3. The molecular formula is C26H34N6O2. The van der Waals surface area contributed by atoms with Crippen LogP contribution in [0.15, 0.2) is 47.5 Å². The number of nitrogens with one attached hydrogen (secondary N) is 1. The van der Waals surface area contributed by atoms with Crippen molar-refractivity contribution in [2.45, 2.75) is 58.7 Å². The maximum Gasteiger partial charge on any atom is 0.315 e. The summed E-state index contributed by atoms with van der Waals surface area (Å²) in [6.45, 7) is 10.6. The van der Waals surface area contributed by atoms with Crippen LogP contribution in [0, 0.1) is 6.92 Å². The molecule has 3 heterocycles. The molecule has 1 aromatic carbocycles. The predicted molar refractivity (Wildman–Crippen MR) is 133 cm³/mol. The lowest BCUT2D eigenvalue weighted by molar-refractivity contribution is 0.0507. The van der Waals surface area contributed by atoms with Gasteiger partial charge >= 0.3 is 11.8 Å². The summed E-state index contributed by atoms with van der Waals surface area (Å²) in [7, 11) is 2.03. The second-order valence-electron chi connectivity index (χ2n) is 9.92. The van der Waals surface area contributed by atoms with Crippen molar-refractivity contribution in [3.63, 3.8) is 0 Å². The molecule has 1 fully saturated rings. The molecule has 1 atom stereocenters. The summed E-state index contributed by atoms with van der Waals surface area (Å²) >= 11 is 0. The van der Waals surface area contributed by atoms with Crippen LogP contribution in [-0.2, 0) is 6.54 Å². The van der Waals surface area contributed by atoms with Crippen LogP contribution < -0.4 is 10.2 Å². The maximum atomic E-state index is 13.0. The zero-order valence-corrected chi connectivity index (χ0v) is 20.7. The normalized spacial score (nSPS) is 16.5. The van der Waals surface area contributed by atoms with Gasteiger partial charge < -0.3 is 19.6 Å². The number of carbonyl (C=O) groups excluding carboxylic acids is 1. The van der Waals surface area contributed by atoms with Gasteiger partial charge in [0.15, 0.2) is 6.33 Å². The number of piperidine rings is 1. The molecule has 0 bridgehead atoms. The summed E-state index contributed by atoms with van der Waals surface area (Å²) in [4.78, 5) is 25.6. The zero-order chi connectivity index (χ0) is 24.3. The fourth-order valence-corrected chi connectivity index (χ4v) is 4.52. The van der Waals surface area contributed by atoms with E-state index in [1.165, 1.54) is 18.3 Å².